The monoisotopic (exact) mass is 356 g/mol. The number of carbonyl (C=O) groups excluding carboxylic acids is 3. The molecule has 0 unspecified atom stereocenters. The topological polar surface area (TPSA) is 94.2 Å². The van der Waals surface area contributed by atoms with E-state index in [4.69, 9.17) is 14.2 Å². The first kappa shape index (κ1) is 21.0. The van der Waals surface area contributed by atoms with Crippen molar-refractivity contribution in [3.8, 4) is 0 Å². The SMILES string of the molecule is C=CCOC[C@H](NC(=O)OC(C)(C)C)C(=O)N1CCC[C@H]1C(=O)OC. The van der Waals surface area contributed by atoms with Crippen molar-refractivity contribution in [1.29, 1.82) is 0 Å². The Bertz CT molecular complexity index is 500. The Morgan fingerprint density at radius 1 is 1.36 bits per heavy atom. The molecule has 0 aromatic heterocycles. The molecular formula is C17H28N2O6. The summed E-state index contributed by atoms with van der Waals surface area (Å²) in [7, 11) is 1.28. The molecule has 0 radical (unpaired) electrons. The standard InChI is InChI=1S/C17H28N2O6/c1-6-10-24-11-12(18-16(22)25-17(2,3)4)14(20)19-9-7-8-13(19)15(21)23-5/h6,12-13H,1,7-11H2,2-5H3,(H,18,22)/t12-,13-/m0/s1. The first-order valence-corrected chi connectivity index (χ1v) is 8.26. The van der Waals surface area contributed by atoms with Crippen LogP contribution in [0, 0.1) is 0 Å². The molecule has 142 valence electrons. The lowest BCUT2D eigenvalue weighted by molar-refractivity contribution is -0.152. The van der Waals surface area contributed by atoms with E-state index >= 15 is 0 Å². The molecule has 0 aliphatic carbocycles. The van der Waals surface area contributed by atoms with Crippen molar-refractivity contribution in [3.05, 3.63) is 12.7 Å². The number of likely N-dealkylation sites (tertiary alicyclic amines) is 1. The van der Waals surface area contributed by atoms with Crippen molar-refractivity contribution >= 4 is 18.0 Å². The van der Waals surface area contributed by atoms with E-state index in [0.717, 1.165) is 0 Å². The highest BCUT2D eigenvalue weighted by molar-refractivity contribution is 5.90. The second kappa shape index (κ2) is 9.41. The van der Waals surface area contributed by atoms with Gasteiger partial charge < -0.3 is 24.4 Å². The first-order valence-electron chi connectivity index (χ1n) is 8.26. The number of ether oxygens (including phenoxy) is 3. The average molecular weight is 356 g/mol. The van der Waals surface area contributed by atoms with Gasteiger partial charge in [0.15, 0.2) is 0 Å². The van der Waals surface area contributed by atoms with E-state index in [1.54, 1.807) is 26.8 Å². The highest BCUT2D eigenvalue weighted by Gasteiger charge is 2.38. The summed E-state index contributed by atoms with van der Waals surface area (Å²) in [4.78, 5) is 38.1. The number of hydrogen-bond donors (Lipinski definition) is 1. The summed E-state index contributed by atoms with van der Waals surface area (Å²) in [5, 5.41) is 2.52. The number of amides is 2. The Balaban J connectivity index is 2.82. The van der Waals surface area contributed by atoms with Crippen molar-refractivity contribution in [1.82, 2.24) is 10.2 Å². The van der Waals surface area contributed by atoms with Crippen LogP contribution in [-0.4, -0.2) is 67.4 Å². The molecule has 1 rings (SSSR count). The van der Waals surface area contributed by atoms with E-state index in [-0.39, 0.29) is 13.2 Å². The predicted molar refractivity (Wildman–Crippen MR) is 90.9 cm³/mol. The summed E-state index contributed by atoms with van der Waals surface area (Å²) >= 11 is 0. The molecule has 25 heavy (non-hydrogen) atoms. The van der Waals surface area contributed by atoms with Crippen LogP contribution in [0.1, 0.15) is 33.6 Å². The summed E-state index contributed by atoms with van der Waals surface area (Å²) in [6.07, 6.45) is 2.05. The molecule has 8 nitrogen and oxygen atoms in total. The summed E-state index contributed by atoms with van der Waals surface area (Å²) in [5.41, 5.74) is -0.693. The highest BCUT2D eigenvalue weighted by Crippen LogP contribution is 2.19. The maximum absolute atomic E-state index is 12.8. The summed E-state index contributed by atoms with van der Waals surface area (Å²) in [5.74, 6) is -0.864. The third kappa shape index (κ3) is 6.74. The number of hydrogen-bond acceptors (Lipinski definition) is 6. The highest BCUT2D eigenvalue weighted by atomic mass is 16.6. The largest absolute Gasteiger partial charge is 0.467 e. The molecule has 1 fully saturated rings. The van der Waals surface area contributed by atoms with Gasteiger partial charge in [-0.25, -0.2) is 9.59 Å². The van der Waals surface area contributed by atoms with Crippen LogP contribution in [0.4, 0.5) is 4.79 Å². The molecular weight excluding hydrogens is 328 g/mol. The van der Waals surface area contributed by atoms with Crippen molar-refractivity contribution in [2.75, 3.05) is 26.9 Å². The molecule has 8 heteroatoms. The van der Waals surface area contributed by atoms with Gasteiger partial charge in [0.25, 0.3) is 0 Å². The van der Waals surface area contributed by atoms with E-state index in [1.807, 2.05) is 0 Å². The van der Waals surface area contributed by atoms with Gasteiger partial charge in [-0.05, 0) is 33.6 Å². The molecule has 0 aromatic carbocycles. The average Bonchev–Trinajstić information content (AvgIpc) is 3.00. The van der Waals surface area contributed by atoms with Crippen LogP contribution >= 0.6 is 0 Å². The van der Waals surface area contributed by atoms with Crippen LogP contribution in [0.15, 0.2) is 12.7 Å². The molecule has 1 aliphatic rings. The zero-order valence-electron chi connectivity index (χ0n) is 15.4. The Hall–Kier alpha value is -2.09. The van der Waals surface area contributed by atoms with Gasteiger partial charge in [0.05, 0.1) is 20.3 Å². The minimum Gasteiger partial charge on any atom is -0.467 e. The van der Waals surface area contributed by atoms with Gasteiger partial charge in [0.1, 0.15) is 17.7 Å². The summed E-state index contributed by atoms with van der Waals surface area (Å²) in [6, 6.07) is -1.60. The molecule has 1 aliphatic heterocycles. The minimum atomic E-state index is -0.958. The summed E-state index contributed by atoms with van der Waals surface area (Å²) in [6.45, 7) is 9.34. The van der Waals surface area contributed by atoms with Crippen molar-refractivity contribution in [3.63, 3.8) is 0 Å². The fourth-order valence-corrected chi connectivity index (χ4v) is 2.51. The van der Waals surface area contributed by atoms with Gasteiger partial charge in [0.2, 0.25) is 5.91 Å². The van der Waals surface area contributed by atoms with Crippen molar-refractivity contribution in [2.24, 2.45) is 0 Å². The smallest absolute Gasteiger partial charge is 0.408 e. The molecule has 1 heterocycles. The van der Waals surface area contributed by atoms with E-state index in [0.29, 0.717) is 19.4 Å². The maximum Gasteiger partial charge on any atom is 0.408 e. The Labute approximate surface area is 148 Å². The van der Waals surface area contributed by atoms with Crippen LogP contribution in [0.5, 0.6) is 0 Å². The van der Waals surface area contributed by atoms with E-state index < -0.39 is 35.7 Å². The van der Waals surface area contributed by atoms with Gasteiger partial charge >= 0.3 is 12.1 Å². The number of nitrogens with one attached hydrogen (secondary N) is 1. The molecule has 1 saturated heterocycles. The number of rotatable bonds is 7. The van der Waals surface area contributed by atoms with Crippen LogP contribution < -0.4 is 5.32 Å². The Morgan fingerprint density at radius 3 is 2.60 bits per heavy atom. The molecule has 1 N–H and O–H groups in total. The lowest BCUT2D eigenvalue weighted by Crippen LogP contribution is -2.54. The van der Waals surface area contributed by atoms with Gasteiger partial charge in [-0.1, -0.05) is 6.08 Å². The molecule has 0 bridgehead atoms. The van der Waals surface area contributed by atoms with Gasteiger partial charge in [-0.3, -0.25) is 4.79 Å². The number of carbonyl (C=O) groups is 3. The van der Waals surface area contributed by atoms with Gasteiger partial charge in [0, 0.05) is 6.54 Å². The third-order valence-electron chi connectivity index (χ3n) is 3.52. The van der Waals surface area contributed by atoms with Gasteiger partial charge in [-0.15, -0.1) is 6.58 Å². The van der Waals surface area contributed by atoms with Crippen LogP contribution in [0.25, 0.3) is 0 Å². The quantitative estimate of drug-likeness (QED) is 0.419. The van der Waals surface area contributed by atoms with Crippen LogP contribution in [-0.2, 0) is 23.8 Å². The van der Waals surface area contributed by atoms with Gasteiger partial charge in [-0.2, -0.15) is 0 Å². The number of esters is 1. The number of nitrogens with zero attached hydrogens (tertiary/aromatic N) is 1. The molecule has 2 amide bonds. The predicted octanol–water partition coefficient (Wildman–Crippen LogP) is 1.25. The third-order valence-corrected chi connectivity index (χ3v) is 3.52. The number of methoxy groups -OCH3 is 1. The lowest BCUT2D eigenvalue weighted by atomic mass is 10.2. The second-order valence-corrected chi connectivity index (χ2v) is 6.74. The molecule has 0 saturated carbocycles. The zero-order valence-corrected chi connectivity index (χ0v) is 15.4. The van der Waals surface area contributed by atoms with Crippen LogP contribution in [0.2, 0.25) is 0 Å². The summed E-state index contributed by atoms with van der Waals surface area (Å²) < 4.78 is 15.3. The molecule has 0 spiro atoms. The van der Waals surface area contributed by atoms with Crippen LogP contribution in [0.3, 0.4) is 0 Å². The maximum atomic E-state index is 12.8. The fourth-order valence-electron chi connectivity index (χ4n) is 2.51. The Morgan fingerprint density at radius 2 is 2.04 bits per heavy atom. The van der Waals surface area contributed by atoms with E-state index in [1.165, 1.54) is 12.0 Å². The lowest BCUT2D eigenvalue weighted by Gasteiger charge is -2.28. The first-order chi connectivity index (χ1) is 11.7. The fraction of sp³-hybridized carbons (Fsp3) is 0.706. The molecule has 2 atom stereocenters. The van der Waals surface area contributed by atoms with E-state index in [9.17, 15) is 14.4 Å². The van der Waals surface area contributed by atoms with Crippen molar-refractivity contribution < 1.29 is 28.6 Å². The number of alkyl carbamates (subject to hydrolysis) is 1. The normalized spacial score (nSPS) is 18.4. The zero-order chi connectivity index (χ0) is 19.0. The van der Waals surface area contributed by atoms with Crippen molar-refractivity contribution in [2.45, 2.75) is 51.3 Å². The Kier molecular flexibility index (Phi) is 7.89. The minimum absolute atomic E-state index is 0.0471. The van der Waals surface area contributed by atoms with E-state index in [2.05, 4.69) is 11.9 Å². The molecule has 0 aromatic rings. The second-order valence-electron chi connectivity index (χ2n) is 6.74.